The van der Waals surface area contributed by atoms with Crippen molar-refractivity contribution in [3.63, 3.8) is 0 Å². The maximum Gasteiger partial charge on any atom is 0.481 e. The highest BCUT2D eigenvalue weighted by molar-refractivity contribution is 7.85. The van der Waals surface area contributed by atoms with E-state index in [9.17, 15) is 43.8 Å². The molecular formula is C7H2F7NO3S. The Bertz CT molecular complexity index is 604. The van der Waals surface area contributed by atoms with Gasteiger partial charge in [0.05, 0.1) is 10.0 Å². The summed E-state index contributed by atoms with van der Waals surface area (Å²) < 4.78 is 118. The number of halogens is 7. The largest absolute Gasteiger partial charge is 0.739 e. The zero-order chi connectivity index (χ0) is 15.2. The van der Waals surface area contributed by atoms with Crippen molar-refractivity contribution in [1.29, 1.82) is 0 Å². The van der Waals surface area contributed by atoms with Crippen LogP contribution in [0.5, 0.6) is 0 Å². The molecule has 0 unspecified atom stereocenters. The van der Waals surface area contributed by atoms with Crippen LogP contribution in [0.15, 0.2) is 17.2 Å². The molecule has 108 valence electrons. The minimum Gasteiger partial charge on any atom is -0.739 e. The average molecular weight is 313 g/mol. The van der Waals surface area contributed by atoms with Crippen molar-refractivity contribution in [3.8, 4) is 0 Å². The summed E-state index contributed by atoms with van der Waals surface area (Å²) in [4.78, 5) is -1.64. The predicted octanol–water partition coefficient (Wildman–Crippen LogP) is 1.65. The standard InChI is InChI=1S/C7H2F7NO3S/c8-6(9,10)3-1-4(7(11,12)13)15(14)5(2-3)19(16,17)18/h1-2H. The van der Waals surface area contributed by atoms with Crippen LogP contribution in [0.1, 0.15) is 11.3 Å². The second-order valence-corrected chi connectivity index (χ2v) is 4.52. The molecule has 0 aliphatic heterocycles. The van der Waals surface area contributed by atoms with Gasteiger partial charge in [-0.1, -0.05) is 0 Å². The van der Waals surface area contributed by atoms with Gasteiger partial charge in [-0.3, -0.25) is 0 Å². The van der Waals surface area contributed by atoms with Crippen LogP contribution >= 0.6 is 0 Å². The van der Waals surface area contributed by atoms with Gasteiger partial charge in [0.15, 0.2) is 10.1 Å². The Labute approximate surface area is 100 Å². The van der Waals surface area contributed by atoms with Gasteiger partial charge < -0.3 is 4.55 Å². The lowest BCUT2D eigenvalue weighted by Crippen LogP contribution is -2.40. The molecule has 0 fully saturated rings. The Morgan fingerprint density at radius 1 is 1.00 bits per heavy atom. The van der Waals surface area contributed by atoms with E-state index in [4.69, 9.17) is 0 Å². The first-order valence-corrected chi connectivity index (χ1v) is 5.52. The van der Waals surface area contributed by atoms with E-state index in [-0.39, 0.29) is 0 Å². The predicted molar refractivity (Wildman–Crippen MR) is 41.1 cm³/mol. The molecule has 0 aromatic carbocycles. The van der Waals surface area contributed by atoms with Crippen molar-refractivity contribution in [2.75, 3.05) is 0 Å². The van der Waals surface area contributed by atoms with Crippen molar-refractivity contribution >= 4 is 10.1 Å². The maximum atomic E-state index is 13.1. The number of alkyl halides is 6. The average Bonchev–Trinajstić information content (AvgIpc) is 2.11. The summed E-state index contributed by atoms with van der Waals surface area (Å²) in [7, 11) is -5.86. The smallest absolute Gasteiger partial charge is 0.481 e. The molecule has 12 heteroatoms. The minimum atomic E-state index is -5.86. The van der Waals surface area contributed by atoms with Crippen LogP contribution in [0.2, 0.25) is 0 Å². The topological polar surface area (TPSA) is 61.1 Å². The lowest BCUT2D eigenvalue weighted by molar-refractivity contribution is -0.886. The molecule has 1 aromatic heterocycles. The molecule has 19 heavy (non-hydrogen) atoms. The van der Waals surface area contributed by atoms with E-state index in [1.54, 1.807) is 0 Å². The molecule has 0 spiro atoms. The SMILES string of the molecule is O=S(=O)([O-])c1cc(C(F)(F)F)cc(C(F)(F)F)[n+]1F. The molecule has 0 aliphatic rings. The molecule has 1 aromatic rings. The summed E-state index contributed by atoms with van der Waals surface area (Å²) in [6.45, 7) is 0. The van der Waals surface area contributed by atoms with Crippen LogP contribution in [-0.4, -0.2) is 13.0 Å². The highest BCUT2D eigenvalue weighted by Gasteiger charge is 2.48. The maximum absolute atomic E-state index is 13.1. The third-order valence-electron chi connectivity index (χ3n) is 1.85. The Hall–Kier alpha value is -1.43. The van der Waals surface area contributed by atoms with Gasteiger partial charge in [0.2, 0.25) is 0 Å². The molecule has 0 bridgehead atoms. The van der Waals surface area contributed by atoms with Gasteiger partial charge in [0.1, 0.15) is 0 Å². The van der Waals surface area contributed by atoms with E-state index in [0.717, 1.165) is 0 Å². The number of hydrogen-bond donors (Lipinski definition) is 0. The van der Waals surface area contributed by atoms with Gasteiger partial charge in [-0.25, -0.2) is 8.42 Å². The van der Waals surface area contributed by atoms with E-state index in [1.165, 1.54) is 0 Å². The van der Waals surface area contributed by atoms with E-state index in [0.29, 0.717) is 0 Å². The van der Waals surface area contributed by atoms with Crippen LogP contribution in [-0.2, 0) is 22.5 Å². The van der Waals surface area contributed by atoms with Gasteiger partial charge in [-0.15, -0.1) is 0 Å². The number of pyridine rings is 1. The van der Waals surface area contributed by atoms with Crippen molar-refractivity contribution in [2.45, 2.75) is 17.4 Å². The Balaban J connectivity index is 3.78. The first-order chi connectivity index (χ1) is 8.24. The number of hydrogen-bond acceptors (Lipinski definition) is 3. The highest BCUT2D eigenvalue weighted by Crippen LogP contribution is 2.34. The normalized spacial score (nSPS) is 13.7. The van der Waals surface area contributed by atoms with Crippen molar-refractivity contribution < 1.29 is 48.6 Å². The van der Waals surface area contributed by atoms with Crippen molar-refractivity contribution in [3.05, 3.63) is 23.4 Å². The summed E-state index contributed by atoms with van der Waals surface area (Å²) in [5.41, 5.74) is -4.67. The number of nitrogens with zero attached hydrogens (tertiary/aromatic N) is 1. The zero-order valence-corrected chi connectivity index (χ0v) is 9.20. The molecule has 0 atom stereocenters. The van der Waals surface area contributed by atoms with E-state index < -0.39 is 55.7 Å². The molecule has 1 heterocycles. The lowest BCUT2D eigenvalue weighted by atomic mass is 10.2. The quantitative estimate of drug-likeness (QED) is 0.585. The third-order valence-corrected chi connectivity index (χ3v) is 2.64. The van der Waals surface area contributed by atoms with Crippen molar-refractivity contribution in [2.24, 2.45) is 0 Å². The summed E-state index contributed by atoms with van der Waals surface area (Å²) in [6, 6.07) is -1.16. The fourth-order valence-electron chi connectivity index (χ4n) is 1.08. The molecule has 0 saturated heterocycles. The molecule has 0 radical (unpaired) electrons. The Morgan fingerprint density at radius 2 is 1.47 bits per heavy atom. The van der Waals surface area contributed by atoms with Crippen LogP contribution < -0.4 is 4.79 Å². The third kappa shape index (κ3) is 3.32. The van der Waals surface area contributed by atoms with E-state index >= 15 is 0 Å². The van der Waals surface area contributed by atoms with Gasteiger partial charge in [-0.05, 0) is 0 Å². The molecule has 0 amide bonds. The Morgan fingerprint density at radius 3 is 1.79 bits per heavy atom. The summed E-state index contributed by atoms with van der Waals surface area (Å²) >= 11 is 0. The van der Waals surface area contributed by atoms with Crippen LogP contribution in [0.25, 0.3) is 0 Å². The van der Waals surface area contributed by atoms with Gasteiger partial charge >= 0.3 is 23.1 Å². The van der Waals surface area contributed by atoms with Gasteiger partial charge in [0.25, 0.3) is 0 Å². The zero-order valence-electron chi connectivity index (χ0n) is 8.38. The number of rotatable bonds is 1. The van der Waals surface area contributed by atoms with Gasteiger partial charge in [-0.2, -0.15) is 26.3 Å². The fraction of sp³-hybridized carbons (Fsp3) is 0.286. The Kier molecular flexibility index (Phi) is 3.54. The van der Waals surface area contributed by atoms with Crippen LogP contribution in [0.4, 0.5) is 30.8 Å². The molecule has 0 saturated carbocycles. The first kappa shape index (κ1) is 15.6. The second kappa shape index (κ2) is 4.30. The molecule has 0 N–H and O–H groups in total. The molecule has 1 rings (SSSR count). The monoisotopic (exact) mass is 313 g/mol. The highest BCUT2D eigenvalue weighted by atomic mass is 32.2. The van der Waals surface area contributed by atoms with E-state index in [2.05, 4.69) is 0 Å². The second-order valence-electron chi connectivity index (χ2n) is 3.20. The van der Waals surface area contributed by atoms with Crippen LogP contribution in [0.3, 0.4) is 0 Å². The molecule has 0 aliphatic carbocycles. The molecule has 4 nitrogen and oxygen atoms in total. The number of aromatic nitrogens is 1. The van der Waals surface area contributed by atoms with E-state index in [1.807, 2.05) is 0 Å². The van der Waals surface area contributed by atoms with Crippen molar-refractivity contribution in [1.82, 2.24) is 0 Å². The van der Waals surface area contributed by atoms with Gasteiger partial charge in [0, 0.05) is 16.9 Å². The summed E-state index contributed by atoms with van der Waals surface area (Å²) in [6.07, 6.45) is -11.0. The molecular weight excluding hydrogens is 311 g/mol. The fourth-order valence-corrected chi connectivity index (χ4v) is 1.65. The lowest BCUT2D eigenvalue weighted by Gasteiger charge is -2.10. The first-order valence-electron chi connectivity index (χ1n) is 4.11. The summed E-state index contributed by atoms with van der Waals surface area (Å²) in [5.74, 6) is 0. The minimum absolute atomic E-state index is 0.516. The summed E-state index contributed by atoms with van der Waals surface area (Å²) in [5, 5.41) is -2.28. The van der Waals surface area contributed by atoms with Crippen LogP contribution in [0, 0.1) is 0 Å².